The number of rotatable bonds is 8. The fraction of sp³-hybridized carbons (Fsp3) is 0.375. The first-order chi connectivity index (χ1) is 11.9. The van der Waals surface area contributed by atoms with E-state index in [1.54, 1.807) is 30.3 Å². The molecule has 2 N–H and O–H groups in total. The third-order valence-corrected chi connectivity index (χ3v) is 3.25. The smallest absolute Gasteiger partial charge is 0.408 e. The van der Waals surface area contributed by atoms with Gasteiger partial charge < -0.3 is 24.6 Å². The first-order valence-electron chi connectivity index (χ1n) is 7.24. The number of hydrogen-bond acceptors (Lipinski definition) is 7. The van der Waals surface area contributed by atoms with Gasteiger partial charge in [-0.1, -0.05) is 30.3 Å². The zero-order valence-corrected chi connectivity index (χ0v) is 13.8. The SMILES string of the molecule is COC(=O)C(C[C@H](NC(=O)OCc1ccccc1)C(=O)O)C(=O)OC. The number of amides is 1. The summed E-state index contributed by atoms with van der Waals surface area (Å²) in [6.07, 6.45) is -1.53. The van der Waals surface area contributed by atoms with Crippen LogP contribution in [-0.2, 0) is 35.2 Å². The topological polar surface area (TPSA) is 128 Å². The Morgan fingerprint density at radius 1 is 1.04 bits per heavy atom. The monoisotopic (exact) mass is 353 g/mol. The summed E-state index contributed by atoms with van der Waals surface area (Å²) in [4.78, 5) is 46.3. The summed E-state index contributed by atoms with van der Waals surface area (Å²) >= 11 is 0. The highest BCUT2D eigenvalue weighted by molar-refractivity contribution is 5.95. The Hall–Kier alpha value is -3.10. The molecule has 1 amide bonds. The maximum atomic E-state index is 11.8. The summed E-state index contributed by atoms with van der Waals surface area (Å²) in [6.45, 7) is -0.0591. The molecule has 0 heterocycles. The number of ether oxygens (including phenoxy) is 3. The molecule has 0 bridgehead atoms. The lowest BCUT2D eigenvalue weighted by molar-refractivity contribution is -0.159. The van der Waals surface area contributed by atoms with E-state index in [4.69, 9.17) is 4.74 Å². The second-order valence-electron chi connectivity index (χ2n) is 4.93. The van der Waals surface area contributed by atoms with Gasteiger partial charge in [-0.25, -0.2) is 9.59 Å². The quantitative estimate of drug-likeness (QED) is 0.397. The highest BCUT2D eigenvalue weighted by atomic mass is 16.6. The van der Waals surface area contributed by atoms with Crippen molar-refractivity contribution in [1.29, 1.82) is 0 Å². The van der Waals surface area contributed by atoms with Gasteiger partial charge in [0.15, 0.2) is 5.92 Å². The number of hydrogen-bond donors (Lipinski definition) is 2. The molecule has 136 valence electrons. The van der Waals surface area contributed by atoms with Gasteiger partial charge in [0, 0.05) is 6.42 Å². The molecule has 0 aliphatic carbocycles. The summed E-state index contributed by atoms with van der Waals surface area (Å²) in [6, 6.07) is 7.23. The summed E-state index contributed by atoms with van der Waals surface area (Å²) in [5, 5.41) is 11.3. The van der Waals surface area contributed by atoms with Gasteiger partial charge in [0.05, 0.1) is 14.2 Å². The molecular weight excluding hydrogens is 334 g/mol. The van der Waals surface area contributed by atoms with Crippen LogP contribution in [0.1, 0.15) is 12.0 Å². The van der Waals surface area contributed by atoms with Crippen LogP contribution in [0.5, 0.6) is 0 Å². The van der Waals surface area contributed by atoms with Crippen molar-refractivity contribution in [3.63, 3.8) is 0 Å². The number of aliphatic carboxylic acids is 1. The van der Waals surface area contributed by atoms with Crippen molar-refractivity contribution in [2.24, 2.45) is 5.92 Å². The molecule has 0 spiro atoms. The van der Waals surface area contributed by atoms with Gasteiger partial charge in [-0.15, -0.1) is 0 Å². The zero-order valence-electron chi connectivity index (χ0n) is 13.8. The van der Waals surface area contributed by atoms with E-state index >= 15 is 0 Å². The highest BCUT2D eigenvalue weighted by Gasteiger charge is 2.35. The molecule has 0 aromatic heterocycles. The molecule has 1 atom stereocenters. The normalized spacial score (nSPS) is 11.3. The van der Waals surface area contributed by atoms with Crippen LogP contribution >= 0.6 is 0 Å². The van der Waals surface area contributed by atoms with Crippen molar-refractivity contribution in [2.45, 2.75) is 19.1 Å². The maximum absolute atomic E-state index is 11.8. The van der Waals surface area contributed by atoms with Crippen LogP contribution in [0.2, 0.25) is 0 Å². The van der Waals surface area contributed by atoms with Crippen molar-refractivity contribution >= 4 is 24.0 Å². The number of carboxylic acid groups (broad SMARTS) is 1. The van der Waals surface area contributed by atoms with Gasteiger partial charge in [0.2, 0.25) is 0 Å². The van der Waals surface area contributed by atoms with Gasteiger partial charge in [-0.2, -0.15) is 0 Å². The number of alkyl carbamates (subject to hydrolysis) is 1. The molecule has 0 aliphatic heterocycles. The molecule has 9 heteroatoms. The average Bonchev–Trinajstić information content (AvgIpc) is 2.62. The molecule has 0 unspecified atom stereocenters. The predicted octanol–water partition coefficient (Wildman–Crippen LogP) is 0.718. The van der Waals surface area contributed by atoms with Gasteiger partial charge in [-0.05, 0) is 5.56 Å². The minimum absolute atomic E-state index is 0.0591. The molecule has 0 aliphatic rings. The number of carboxylic acids is 1. The first kappa shape index (κ1) is 19.9. The van der Waals surface area contributed by atoms with Crippen LogP contribution < -0.4 is 5.32 Å². The number of nitrogens with one attached hydrogen (secondary N) is 1. The van der Waals surface area contributed by atoms with E-state index in [9.17, 15) is 24.3 Å². The van der Waals surface area contributed by atoms with E-state index in [1.165, 1.54) is 0 Å². The molecule has 0 saturated heterocycles. The van der Waals surface area contributed by atoms with Crippen molar-refractivity contribution in [2.75, 3.05) is 14.2 Å². The summed E-state index contributed by atoms with van der Waals surface area (Å²) in [5.41, 5.74) is 0.714. The molecule has 0 fully saturated rings. The van der Waals surface area contributed by atoms with E-state index in [1.807, 2.05) is 0 Å². The summed E-state index contributed by atoms with van der Waals surface area (Å²) in [5.74, 6) is -4.84. The Morgan fingerprint density at radius 2 is 1.60 bits per heavy atom. The molecular formula is C16H19NO8. The Labute approximate surface area is 143 Å². The number of carbonyl (C=O) groups excluding carboxylic acids is 3. The number of carbonyl (C=O) groups is 4. The Kier molecular flexibility index (Phi) is 7.91. The van der Waals surface area contributed by atoms with Crippen molar-refractivity contribution in [3.05, 3.63) is 35.9 Å². The second kappa shape index (κ2) is 9.91. The second-order valence-corrected chi connectivity index (χ2v) is 4.93. The highest BCUT2D eigenvalue weighted by Crippen LogP contribution is 2.12. The van der Waals surface area contributed by atoms with Gasteiger partial charge in [0.1, 0.15) is 12.6 Å². The molecule has 0 radical (unpaired) electrons. The summed E-state index contributed by atoms with van der Waals surface area (Å²) in [7, 11) is 2.10. The minimum Gasteiger partial charge on any atom is -0.480 e. The molecule has 1 rings (SSSR count). The number of benzene rings is 1. The predicted molar refractivity (Wildman–Crippen MR) is 83.3 cm³/mol. The van der Waals surface area contributed by atoms with E-state index in [-0.39, 0.29) is 6.61 Å². The number of esters is 2. The lowest BCUT2D eigenvalue weighted by Gasteiger charge is -2.18. The van der Waals surface area contributed by atoms with Crippen LogP contribution in [0.3, 0.4) is 0 Å². The van der Waals surface area contributed by atoms with Crippen LogP contribution in [0.25, 0.3) is 0 Å². The van der Waals surface area contributed by atoms with Crippen molar-refractivity contribution in [3.8, 4) is 0 Å². The fourth-order valence-electron chi connectivity index (χ4n) is 1.94. The maximum Gasteiger partial charge on any atom is 0.408 e. The lowest BCUT2D eigenvalue weighted by atomic mass is 10.00. The molecule has 1 aromatic carbocycles. The van der Waals surface area contributed by atoms with E-state index in [2.05, 4.69) is 14.8 Å². The van der Waals surface area contributed by atoms with Gasteiger partial charge >= 0.3 is 24.0 Å². The first-order valence-corrected chi connectivity index (χ1v) is 7.24. The van der Waals surface area contributed by atoms with Crippen LogP contribution in [0.4, 0.5) is 4.79 Å². The van der Waals surface area contributed by atoms with E-state index < -0.39 is 42.4 Å². The van der Waals surface area contributed by atoms with Crippen molar-refractivity contribution in [1.82, 2.24) is 5.32 Å². The third kappa shape index (κ3) is 6.50. The third-order valence-electron chi connectivity index (χ3n) is 3.25. The average molecular weight is 353 g/mol. The van der Waals surface area contributed by atoms with Crippen LogP contribution in [-0.4, -0.2) is 49.4 Å². The molecule has 1 aromatic rings. The fourth-order valence-corrected chi connectivity index (χ4v) is 1.94. The van der Waals surface area contributed by atoms with E-state index in [0.29, 0.717) is 5.56 Å². The molecule has 25 heavy (non-hydrogen) atoms. The Morgan fingerprint density at radius 3 is 2.08 bits per heavy atom. The van der Waals surface area contributed by atoms with E-state index in [0.717, 1.165) is 14.2 Å². The van der Waals surface area contributed by atoms with Gasteiger partial charge in [-0.3, -0.25) is 9.59 Å². The van der Waals surface area contributed by atoms with Crippen molar-refractivity contribution < 1.29 is 38.5 Å². The zero-order chi connectivity index (χ0) is 18.8. The standard InChI is InChI=1S/C16H19NO8/c1-23-14(20)11(15(21)24-2)8-12(13(18)19)17-16(22)25-9-10-6-4-3-5-7-10/h3-7,11-12H,8-9H2,1-2H3,(H,17,22)(H,18,19)/t12-/m0/s1. The van der Waals surface area contributed by atoms with Gasteiger partial charge in [0.25, 0.3) is 0 Å². The van der Waals surface area contributed by atoms with Crippen LogP contribution in [0, 0.1) is 5.92 Å². The Bertz CT molecular complexity index is 600. The minimum atomic E-state index is -1.54. The summed E-state index contributed by atoms with van der Waals surface area (Å²) < 4.78 is 13.8. The number of methoxy groups -OCH3 is 2. The lowest BCUT2D eigenvalue weighted by Crippen LogP contribution is -2.44. The molecule has 0 saturated carbocycles. The largest absolute Gasteiger partial charge is 0.480 e. The Balaban J connectivity index is 2.68. The van der Waals surface area contributed by atoms with Crippen LogP contribution in [0.15, 0.2) is 30.3 Å². The molecule has 9 nitrogen and oxygen atoms in total.